The SMILES string of the molecule is COc1cccc(Cn2ccnc2CO)c1Cl. The van der Waals surface area contributed by atoms with Crippen LogP contribution in [0.3, 0.4) is 0 Å². The molecule has 17 heavy (non-hydrogen) atoms. The molecule has 0 aliphatic rings. The molecule has 0 radical (unpaired) electrons. The van der Waals surface area contributed by atoms with Crippen LogP contribution < -0.4 is 4.74 Å². The van der Waals surface area contributed by atoms with E-state index in [1.54, 1.807) is 19.5 Å². The highest BCUT2D eigenvalue weighted by atomic mass is 35.5. The summed E-state index contributed by atoms with van der Waals surface area (Å²) in [6.45, 7) is 0.473. The third kappa shape index (κ3) is 2.43. The van der Waals surface area contributed by atoms with Gasteiger partial charge >= 0.3 is 0 Å². The van der Waals surface area contributed by atoms with Crippen LogP contribution in [0.25, 0.3) is 0 Å². The first-order valence-electron chi connectivity index (χ1n) is 5.18. The van der Waals surface area contributed by atoms with Crippen molar-refractivity contribution in [2.24, 2.45) is 0 Å². The van der Waals surface area contributed by atoms with Crippen molar-refractivity contribution in [3.8, 4) is 5.75 Å². The fourth-order valence-electron chi connectivity index (χ4n) is 1.66. The summed E-state index contributed by atoms with van der Waals surface area (Å²) in [5, 5.41) is 9.70. The van der Waals surface area contributed by atoms with E-state index in [1.807, 2.05) is 22.8 Å². The molecule has 1 N–H and O–H groups in total. The highest BCUT2D eigenvalue weighted by molar-refractivity contribution is 6.32. The molecular formula is C12H13ClN2O2. The van der Waals surface area contributed by atoms with E-state index in [9.17, 15) is 0 Å². The molecule has 0 atom stereocenters. The van der Waals surface area contributed by atoms with E-state index in [-0.39, 0.29) is 6.61 Å². The molecule has 2 rings (SSSR count). The van der Waals surface area contributed by atoms with Gasteiger partial charge in [-0.1, -0.05) is 23.7 Å². The molecule has 1 aromatic carbocycles. The van der Waals surface area contributed by atoms with Gasteiger partial charge < -0.3 is 14.4 Å². The van der Waals surface area contributed by atoms with E-state index < -0.39 is 0 Å². The number of aliphatic hydroxyl groups excluding tert-OH is 1. The molecule has 0 unspecified atom stereocenters. The van der Waals surface area contributed by atoms with E-state index >= 15 is 0 Å². The largest absolute Gasteiger partial charge is 0.495 e. The van der Waals surface area contributed by atoms with Gasteiger partial charge in [-0.3, -0.25) is 0 Å². The lowest BCUT2D eigenvalue weighted by atomic mass is 10.2. The van der Waals surface area contributed by atoms with Gasteiger partial charge in [-0.15, -0.1) is 0 Å². The third-order valence-corrected chi connectivity index (χ3v) is 2.98. The zero-order chi connectivity index (χ0) is 12.3. The maximum Gasteiger partial charge on any atom is 0.137 e. The predicted molar refractivity (Wildman–Crippen MR) is 65.3 cm³/mol. The van der Waals surface area contributed by atoms with Crippen LogP contribution in [0.4, 0.5) is 0 Å². The Bertz CT molecular complexity index is 511. The number of nitrogens with zero attached hydrogens (tertiary/aromatic N) is 2. The number of rotatable bonds is 4. The van der Waals surface area contributed by atoms with Crippen LogP contribution in [-0.2, 0) is 13.2 Å². The molecule has 0 fully saturated rings. The average molecular weight is 253 g/mol. The number of hydrogen-bond donors (Lipinski definition) is 1. The lowest BCUT2D eigenvalue weighted by Crippen LogP contribution is -2.05. The Labute approximate surface area is 104 Å². The quantitative estimate of drug-likeness (QED) is 0.906. The van der Waals surface area contributed by atoms with Crippen molar-refractivity contribution in [1.29, 1.82) is 0 Å². The lowest BCUT2D eigenvalue weighted by Gasteiger charge is -2.10. The molecule has 0 saturated carbocycles. The molecule has 0 spiro atoms. The first-order chi connectivity index (χ1) is 8.26. The number of aromatic nitrogens is 2. The van der Waals surface area contributed by atoms with Gasteiger partial charge in [0.05, 0.1) is 18.7 Å². The summed E-state index contributed by atoms with van der Waals surface area (Å²) >= 11 is 6.20. The van der Waals surface area contributed by atoms with E-state index in [4.69, 9.17) is 21.4 Å². The van der Waals surface area contributed by atoms with Crippen molar-refractivity contribution in [1.82, 2.24) is 9.55 Å². The number of hydrogen-bond acceptors (Lipinski definition) is 3. The Hall–Kier alpha value is -1.52. The summed E-state index contributed by atoms with van der Waals surface area (Å²) in [4.78, 5) is 4.04. The zero-order valence-electron chi connectivity index (χ0n) is 9.43. The van der Waals surface area contributed by atoms with Crippen molar-refractivity contribution < 1.29 is 9.84 Å². The molecular weight excluding hydrogens is 240 g/mol. The first-order valence-corrected chi connectivity index (χ1v) is 5.56. The highest BCUT2D eigenvalue weighted by Crippen LogP contribution is 2.28. The Balaban J connectivity index is 2.30. The molecule has 1 aromatic heterocycles. The molecule has 0 aliphatic carbocycles. The number of ether oxygens (including phenoxy) is 1. The monoisotopic (exact) mass is 252 g/mol. The van der Waals surface area contributed by atoms with Crippen LogP contribution in [0, 0.1) is 0 Å². The molecule has 0 aliphatic heterocycles. The van der Waals surface area contributed by atoms with E-state index in [1.165, 1.54) is 0 Å². The van der Waals surface area contributed by atoms with Crippen LogP contribution >= 0.6 is 11.6 Å². The number of benzene rings is 1. The van der Waals surface area contributed by atoms with Gasteiger partial charge in [0.25, 0.3) is 0 Å². The minimum Gasteiger partial charge on any atom is -0.495 e. The molecule has 2 aromatic rings. The van der Waals surface area contributed by atoms with E-state index in [2.05, 4.69) is 4.98 Å². The number of methoxy groups -OCH3 is 1. The minimum absolute atomic E-state index is 0.0887. The Morgan fingerprint density at radius 3 is 3.00 bits per heavy atom. The summed E-state index contributed by atoms with van der Waals surface area (Å²) in [6, 6.07) is 5.62. The van der Waals surface area contributed by atoms with E-state index in [0.717, 1.165) is 5.56 Å². The normalized spacial score (nSPS) is 10.5. The number of halogens is 1. The van der Waals surface area contributed by atoms with Gasteiger partial charge in [0, 0.05) is 12.4 Å². The molecule has 1 heterocycles. The summed E-state index contributed by atoms with van der Waals surface area (Å²) in [7, 11) is 1.58. The second-order valence-electron chi connectivity index (χ2n) is 3.56. The van der Waals surface area contributed by atoms with Gasteiger partial charge in [-0.25, -0.2) is 4.98 Å². The standard InChI is InChI=1S/C12H13ClN2O2/c1-17-10-4-2-3-9(12(10)13)7-15-6-5-14-11(15)8-16/h2-6,16H,7-8H2,1H3. The van der Waals surface area contributed by atoms with Crippen LogP contribution in [-0.4, -0.2) is 21.8 Å². The summed E-state index contributed by atoms with van der Waals surface area (Å²) < 4.78 is 7.00. The number of imidazole rings is 1. The summed E-state index contributed by atoms with van der Waals surface area (Å²) in [5.41, 5.74) is 0.929. The molecule has 90 valence electrons. The van der Waals surface area contributed by atoms with Gasteiger partial charge in [0.2, 0.25) is 0 Å². The van der Waals surface area contributed by atoms with E-state index in [0.29, 0.717) is 23.1 Å². The van der Waals surface area contributed by atoms with Crippen LogP contribution in [0.1, 0.15) is 11.4 Å². The molecule has 4 nitrogen and oxygen atoms in total. The van der Waals surface area contributed by atoms with Crippen LogP contribution in [0.15, 0.2) is 30.6 Å². The maximum atomic E-state index is 9.11. The molecule has 0 amide bonds. The van der Waals surface area contributed by atoms with Gasteiger partial charge in [0.15, 0.2) is 0 Å². The topological polar surface area (TPSA) is 47.3 Å². The summed E-state index contributed by atoms with van der Waals surface area (Å²) in [6.07, 6.45) is 3.46. The molecule has 0 bridgehead atoms. The van der Waals surface area contributed by atoms with Crippen molar-refractivity contribution >= 4 is 11.6 Å². The Kier molecular flexibility index (Phi) is 3.66. The minimum atomic E-state index is -0.0887. The van der Waals surface area contributed by atoms with Gasteiger partial charge in [-0.2, -0.15) is 0 Å². The molecule has 0 saturated heterocycles. The highest BCUT2D eigenvalue weighted by Gasteiger charge is 2.08. The van der Waals surface area contributed by atoms with Crippen LogP contribution in [0.5, 0.6) is 5.75 Å². The lowest BCUT2D eigenvalue weighted by molar-refractivity contribution is 0.266. The number of aliphatic hydroxyl groups is 1. The fraction of sp³-hybridized carbons (Fsp3) is 0.250. The van der Waals surface area contributed by atoms with Gasteiger partial charge in [-0.05, 0) is 11.6 Å². The van der Waals surface area contributed by atoms with Gasteiger partial charge in [0.1, 0.15) is 18.2 Å². The maximum absolute atomic E-state index is 9.11. The fourth-order valence-corrected chi connectivity index (χ4v) is 1.92. The van der Waals surface area contributed by atoms with Crippen molar-refractivity contribution in [3.63, 3.8) is 0 Å². The van der Waals surface area contributed by atoms with Crippen molar-refractivity contribution in [2.45, 2.75) is 13.2 Å². The van der Waals surface area contributed by atoms with Crippen molar-refractivity contribution in [2.75, 3.05) is 7.11 Å². The second-order valence-corrected chi connectivity index (χ2v) is 3.94. The van der Waals surface area contributed by atoms with Crippen molar-refractivity contribution in [3.05, 3.63) is 47.0 Å². The predicted octanol–water partition coefficient (Wildman–Crippen LogP) is 2.09. The smallest absolute Gasteiger partial charge is 0.137 e. The first kappa shape index (κ1) is 12.0. The Morgan fingerprint density at radius 2 is 2.29 bits per heavy atom. The molecule has 5 heteroatoms. The average Bonchev–Trinajstić information content (AvgIpc) is 2.79. The summed E-state index contributed by atoms with van der Waals surface area (Å²) in [5.74, 6) is 1.26. The third-order valence-electron chi connectivity index (χ3n) is 2.55. The van der Waals surface area contributed by atoms with Crippen LogP contribution in [0.2, 0.25) is 5.02 Å². The zero-order valence-corrected chi connectivity index (χ0v) is 10.2. The Morgan fingerprint density at radius 1 is 1.47 bits per heavy atom. The second kappa shape index (κ2) is 5.21.